The van der Waals surface area contributed by atoms with Gasteiger partial charge in [-0.05, 0) is 50.9 Å². The van der Waals surface area contributed by atoms with Crippen LogP contribution < -0.4 is 10.0 Å². The lowest BCUT2D eigenvalue weighted by Gasteiger charge is -2.22. The molecule has 0 aromatic heterocycles. The first-order chi connectivity index (χ1) is 11.7. The number of rotatable bonds is 7. The Balaban J connectivity index is 1.98. The van der Waals surface area contributed by atoms with Crippen LogP contribution in [0.2, 0.25) is 0 Å². The third-order valence-electron chi connectivity index (χ3n) is 4.01. The first-order valence-corrected chi connectivity index (χ1v) is 9.13. The summed E-state index contributed by atoms with van der Waals surface area (Å²) < 4.78 is 30.5. The molecule has 1 amide bonds. The Kier molecular flexibility index (Phi) is 5.45. The molecule has 0 heterocycles. The number of carbonyl (C=O) groups excluding carboxylic acids is 2. The Labute approximate surface area is 146 Å². The standard InChI is InChI=1S/C16H19N3O5S/c1-16(10-17,12-6-7-12)19-14(20)9-24-15(21)11-4-3-5-13(8-11)25(22,23)18-2/h3-5,8,12,18H,6-7,9H2,1-2H3,(H,19,20)/t16-/m0/s1. The molecule has 25 heavy (non-hydrogen) atoms. The Bertz CT molecular complexity index is 826. The molecule has 0 spiro atoms. The minimum atomic E-state index is -3.69. The number of nitriles is 1. The highest BCUT2D eigenvalue weighted by Crippen LogP contribution is 2.39. The average Bonchev–Trinajstić information content (AvgIpc) is 3.45. The minimum Gasteiger partial charge on any atom is -0.452 e. The van der Waals surface area contributed by atoms with E-state index in [0.717, 1.165) is 18.9 Å². The molecule has 0 bridgehead atoms. The fraction of sp³-hybridized carbons (Fsp3) is 0.438. The summed E-state index contributed by atoms with van der Waals surface area (Å²) in [7, 11) is -2.43. The highest BCUT2D eigenvalue weighted by molar-refractivity contribution is 7.89. The van der Waals surface area contributed by atoms with Crippen LogP contribution >= 0.6 is 0 Å². The molecule has 2 rings (SSSR count). The lowest BCUT2D eigenvalue weighted by atomic mass is 9.98. The molecular formula is C16H19N3O5S. The fourth-order valence-electron chi connectivity index (χ4n) is 2.33. The van der Waals surface area contributed by atoms with Crippen molar-refractivity contribution in [3.63, 3.8) is 0 Å². The molecule has 1 fully saturated rings. The van der Waals surface area contributed by atoms with E-state index in [1.54, 1.807) is 6.92 Å². The Hall–Kier alpha value is -2.44. The summed E-state index contributed by atoms with van der Waals surface area (Å²) in [6.07, 6.45) is 1.74. The molecule has 1 saturated carbocycles. The van der Waals surface area contributed by atoms with E-state index in [-0.39, 0.29) is 16.4 Å². The van der Waals surface area contributed by atoms with Gasteiger partial charge in [0.25, 0.3) is 5.91 Å². The van der Waals surface area contributed by atoms with Crippen LogP contribution in [0.1, 0.15) is 30.1 Å². The van der Waals surface area contributed by atoms with Gasteiger partial charge in [-0.3, -0.25) is 4.79 Å². The van der Waals surface area contributed by atoms with Crippen LogP contribution in [-0.4, -0.2) is 39.5 Å². The number of nitrogens with one attached hydrogen (secondary N) is 2. The second-order valence-electron chi connectivity index (χ2n) is 5.95. The molecule has 2 N–H and O–H groups in total. The number of hydrogen-bond donors (Lipinski definition) is 2. The summed E-state index contributed by atoms with van der Waals surface area (Å²) in [5, 5.41) is 11.8. The highest BCUT2D eigenvalue weighted by atomic mass is 32.2. The fourth-order valence-corrected chi connectivity index (χ4v) is 3.11. The molecule has 1 aliphatic rings. The van der Waals surface area contributed by atoms with Crippen molar-refractivity contribution in [2.24, 2.45) is 5.92 Å². The van der Waals surface area contributed by atoms with Crippen molar-refractivity contribution in [1.29, 1.82) is 5.26 Å². The third-order valence-corrected chi connectivity index (χ3v) is 5.42. The number of hydrogen-bond acceptors (Lipinski definition) is 6. The molecule has 0 saturated heterocycles. The highest BCUT2D eigenvalue weighted by Gasteiger charge is 2.43. The Morgan fingerprint density at radius 2 is 2.08 bits per heavy atom. The predicted octanol–water partition coefficient (Wildman–Crippen LogP) is 0.560. The van der Waals surface area contributed by atoms with Crippen LogP contribution in [0.15, 0.2) is 29.2 Å². The lowest BCUT2D eigenvalue weighted by molar-refractivity contribution is -0.125. The van der Waals surface area contributed by atoms with E-state index in [1.165, 1.54) is 25.2 Å². The van der Waals surface area contributed by atoms with Crippen LogP contribution in [0.5, 0.6) is 0 Å². The zero-order valence-electron chi connectivity index (χ0n) is 13.9. The maximum Gasteiger partial charge on any atom is 0.338 e. The smallest absolute Gasteiger partial charge is 0.338 e. The number of ether oxygens (including phenoxy) is 1. The number of carbonyl (C=O) groups is 2. The van der Waals surface area contributed by atoms with Gasteiger partial charge in [0.05, 0.1) is 16.5 Å². The van der Waals surface area contributed by atoms with E-state index in [9.17, 15) is 23.3 Å². The zero-order valence-corrected chi connectivity index (χ0v) is 14.7. The number of amides is 1. The van der Waals surface area contributed by atoms with Crippen molar-refractivity contribution < 1.29 is 22.7 Å². The molecule has 1 atom stereocenters. The number of sulfonamides is 1. The molecule has 0 radical (unpaired) electrons. The van der Waals surface area contributed by atoms with Crippen molar-refractivity contribution in [3.05, 3.63) is 29.8 Å². The van der Waals surface area contributed by atoms with Gasteiger partial charge in [-0.1, -0.05) is 6.07 Å². The first-order valence-electron chi connectivity index (χ1n) is 7.65. The van der Waals surface area contributed by atoms with Crippen molar-refractivity contribution in [2.45, 2.75) is 30.2 Å². The molecule has 1 aliphatic carbocycles. The summed E-state index contributed by atoms with van der Waals surface area (Å²) in [4.78, 5) is 23.8. The van der Waals surface area contributed by atoms with Gasteiger partial charge >= 0.3 is 5.97 Å². The SMILES string of the molecule is CNS(=O)(=O)c1cccc(C(=O)OCC(=O)N[C@@](C)(C#N)C2CC2)c1. The first kappa shape index (κ1) is 18.9. The Morgan fingerprint density at radius 3 is 2.64 bits per heavy atom. The molecule has 9 heteroatoms. The van der Waals surface area contributed by atoms with Crippen LogP contribution in [0.3, 0.4) is 0 Å². The van der Waals surface area contributed by atoms with E-state index >= 15 is 0 Å². The lowest BCUT2D eigenvalue weighted by Crippen LogP contribution is -2.48. The molecule has 0 unspecified atom stereocenters. The van der Waals surface area contributed by atoms with Crippen molar-refractivity contribution in [2.75, 3.05) is 13.7 Å². The van der Waals surface area contributed by atoms with Gasteiger partial charge in [-0.15, -0.1) is 0 Å². The second-order valence-corrected chi connectivity index (χ2v) is 7.83. The van der Waals surface area contributed by atoms with Gasteiger partial charge in [0.1, 0.15) is 5.54 Å². The summed E-state index contributed by atoms with van der Waals surface area (Å²) in [5.74, 6) is -1.29. The van der Waals surface area contributed by atoms with E-state index < -0.39 is 34.0 Å². The molecule has 0 aliphatic heterocycles. The van der Waals surface area contributed by atoms with Crippen molar-refractivity contribution in [3.8, 4) is 6.07 Å². The van der Waals surface area contributed by atoms with Gasteiger partial charge in [0.2, 0.25) is 10.0 Å². The summed E-state index contributed by atoms with van der Waals surface area (Å²) >= 11 is 0. The normalized spacial score (nSPS) is 16.4. The quantitative estimate of drug-likeness (QED) is 0.680. The Morgan fingerprint density at radius 1 is 1.40 bits per heavy atom. The molecular weight excluding hydrogens is 346 g/mol. The van der Waals surface area contributed by atoms with Gasteiger partial charge in [0.15, 0.2) is 6.61 Å². The van der Waals surface area contributed by atoms with Crippen LogP contribution in [0.25, 0.3) is 0 Å². The van der Waals surface area contributed by atoms with Crippen LogP contribution in [0.4, 0.5) is 0 Å². The summed E-state index contributed by atoms with van der Waals surface area (Å²) in [6, 6.07) is 7.36. The van der Waals surface area contributed by atoms with Crippen molar-refractivity contribution in [1.82, 2.24) is 10.0 Å². The largest absolute Gasteiger partial charge is 0.452 e. The van der Waals surface area contributed by atoms with Crippen LogP contribution in [-0.2, 0) is 19.6 Å². The predicted molar refractivity (Wildman–Crippen MR) is 87.9 cm³/mol. The van der Waals surface area contributed by atoms with E-state index in [2.05, 4.69) is 16.1 Å². The van der Waals surface area contributed by atoms with Crippen molar-refractivity contribution >= 4 is 21.9 Å². The second kappa shape index (κ2) is 7.21. The zero-order chi connectivity index (χ0) is 18.7. The van der Waals surface area contributed by atoms with Gasteiger partial charge in [0, 0.05) is 0 Å². The van der Waals surface area contributed by atoms with Gasteiger partial charge < -0.3 is 10.1 Å². The topological polar surface area (TPSA) is 125 Å². The van der Waals surface area contributed by atoms with Crippen LogP contribution in [0, 0.1) is 17.2 Å². The molecule has 134 valence electrons. The third kappa shape index (κ3) is 4.55. The monoisotopic (exact) mass is 365 g/mol. The van der Waals surface area contributed by atoms with E-state index in [4.69, 9.17) is 4.74 Å². The summed E-state index contributed by atoms with van der Waals surface area (Å²) in [6.45, 7) is 1.09. The maximum atomic E-state index is 12.0. The number of benzene rings is 1. The number of esters is 1. The average molecular weight is 365 g/mol. The summed E-state index contributed by atoms with van der Waals surface area (Å²) in [5.41, 5.74) is -0.959. The van der Waals surface area contributed by atoms with E-state index in [1.807, 2.05) is 0 Å². The number of nitrogens with zero attached hydrogens (tertiary/aromatic N) is 1. The van der Waals surface area contributed by atoms with Gasteiger partial charge in [-0.25, -0.2) is 17.9 Å². The molecule has 1 aromatic rings. The molecule has 8 nitrogen and oxygen atoms in total. The maximum absolute atomic E-state index is 12.0. The van der Waals surface area contributed by atoms with E-state index in [0.29, 0.717) is 0 Å². The minimum absolute atomic E-state index is 0.00867. The molecule has 1 aromatic carbocycles. The van der Waals surface area contributed by atoms with Gasteiger partial charge in [-0.2, -0.15) is 5.26 Å².